The van der Waals surface area contributed by atoms with Crippen molar-refractivity contribution in [2.24, 2.45) is 0 Å². The van der Waals surface area contributed by atoms with Crippen LogP contribution in [0, 0.1) is 5.82 Å². The van der Waals surface area contributed by atoms with Crippen molar-refractivity contribution in [3.05, 3.63) is 28.8 Å². The predicted molar refractivity (Wildman–Crippen MR) is 76.1 cm³/mol. The molecule has 6 heteroatoms. The normalized spacial score (nSPS) is 16.3. The molecular weight excluding hydrogens is 288 g/mol. The molecule has 0 amide bonds. The quantitative estimate of drug-likeness (QED) is 0.789. The first-order valence-corrected chi connectivity index (χ1v) is 7.29. The summed E-state index contributed by atoms with van der Waals surface area (Å²) in [5, 5.41) is 2.28. The number of fused-ring (bicyclic) bond motifs is 1. The van der Waals surface area contributed by atoms with Crippen molar-refractivity contribution in [1.82, 2.24) is 9.66 Å². The molecule has 0 saturated carbocycles. The van der Waals surface area contributed by atoms with Gasteiger partial charge in [0, 0.05) is 19.2 Å². The molecule has 19 heavy (non-hydrogen) atoms. The Morgan fingerprint density at radius 3 is 2.63 bits per heavy atom. The highest BCUT2D eigenvalue weighted by Gasteiger charge is 2.19. The van der Waals surface area contributed by atoms with Crippen LogP contribution in [0.3, 0.4) is 0 Å². The molecule has 1 aliphatic rings. The lowest BCUT2D eigenvalue weighted by molar-refractivity contribution is 0.478. The fraction of sp³-hybridized carbons (Fsp3) is 0.462. The average Bonchev–Trinajstić information content (AvgIpc) is 2.78. The Kier molecular flexibility index (Phi) is 3.54. The van der Waals surface area contributed by atoms with Crippen LogP contribution in [0.15, 0.2) is 12.1 Å². The number of halogens is 3. The summed E-state index contributed by atoms with van der Waals surface area (Å²) in [6, 6.07) is 3.00. The lowest BCUT2D eigenvalue weighted by Gasteiger charge is -2.31. The van der Waals surface area contributed by atoms with Gasteiger partial charge in [0.05, 0.1) is 21.9 Å². The molecular formula is C13H14Cl2FN3. The van der Waals surface area contributed by atoms with E-state index < -0.39 is 5.82 Å². The largest absolute Gasteiger partial charge is 0.311 e. The average molecular weight is 302 g/mol. The van der Waals surface area contributed by atoms with Gasteiger partial charge in [-0.15, -0.1) is 11.6 Å². The first-order chi connectivity index (χ1) is 9.20. The van der Waals surface area contributed by atoms with Crippen molar-refractivity contribution >= 4 is 34.2 Å². The minimum absolute atomic E-state index is 0.0944. The predicted octanol–water partition coefficient (Wildman–Crippen LogP) is 3.69. The molecule has 3 nitrogen and oxygen atoms in total. The van der Waals surface area contributed by atoms with E-state index in [1.165, 1.54) is 12.5 Å². The van der Waals surface area contributed by atoms with E-state index in [0.717, 1.165) is 37.3 Å². The van der Waals surface area contributed by atoms with Crippen LogP contribution in [0.25, 0.3) is 11.0 Å². The molecule has 0 aliphatic carbocycles. The van der Waals surface area contributed by atoms with Crippen molar-refractivity contribution in [2.75, 3.05) is 18.1 Å². The maximum Gasteiger partial charge on any atom is 0.144 e. The van der Waals surface area contributed by atoms with Crippen LogP contribution in [-0.4, -0.2) is 22.7 Å². The molecule has 2 heterocycles. The van der Waals surface area contributed by atoms with Gasteiger partial charge in [0.15, 0.2) is 0 Å². The van der Waals surface area contributed by atoms with E-state index in [0.29, 0.717) is 11.4 Å². The fourth-order valence-corrected chi connectivity index (χ4v) is 2.92. The second-order valence-corrected chi connectivity index (χ2v) is 5.42. The molecule has 1 aromatic heterocycles. The zero-order valence-electron chi connectivity index (χ0n) is 10.4. The number of hydrogen-bond acceptors (Lipinski definition) is 2. The minimum atomic E-state index is -0.423. The molecule has 1 aromatic carbocycles. The number of benzene rings is 1. The summed E-state index contributed by atoms with van der Waals surface area (Å²) < 4.78 is 15.6. The van der Waals surface area contributed by atoms with E-state index in [1.54, 1.807) is 6.07 Å². The molecule has 0 bridgehead atoms. The Morgan fingerprint density at radius 2 is 1.95 bits per heavy atom. The standard InChI is InChI=1S/C13H14Cl2FN3/c14-8-13-17-11-6-9(15)10(16)7-12(11)19(13)18-4-2-1-3-5-18/h6-7H,1-5,8H2. The Balaban J connectivity index is 2.16. The molecule has 2 aromatic rings. The fourth-order valence-electron chi connectivity index (χ4n) is 2.59. The highest BCUT2D eigenvalue weighted by Crippen LogP contribution is 2.25. The van der Waals surface area contributed by atoms with Crippen molar-refractivity contribution in [3.8, 4) is 0 Å². The third-order valence-corrected chi connectivity index (χ3v) is 4.00. The maximum atomic E-state index is 13.7. The van der Waals surface area contributed by atoms with E-state index in [1.807, 2.05) is 4.68 Å². The first-order valence-electron chi connectivity index (χ1n) is 6.38. The van der Waals surface area contributed by atoms with E-state index >= 15 is 0 Å². The minimum Gasteiger partial charge on any atom is -0.311 e. The molecule has 0 spiro atoms. The molecule has 0 atom stereocenters. The zero-order valence-corrected chi connectivity index (χ0v) is 11.9. The van der Waals surface area contributed by atoms with E-state index in [9.17, 15) is 4.39 Å². The van der Waals surface area contributed by atoms with Gasteiger partial charge in [-0.2, -0.15) is 0 Å². The van der Waals surface area contributed by atoms with Gasteiger partial charge in [0.1, 0.15) is 11.6 Å². The molecule has 1 saturated heterocycles. The van der Waals surface area contributed by atoms with Crippen LogP contribution in [0.1, 0.15) is 25.1 Å². The Bertz CT molecular complexity index is 605. The molecule has 1 aliphatic heterocycles. The van der Waals surface area contributed by atoms with Gasteiger partial charge in [-0.05, 0) is 25.3 Å². The molecule has 0 radical (unpaired) electrons. The van der Waals surface area contributed by atoms with Crippen LogP contribution in [0.2, 0.25) is 5.02 Å². The molecule has 0 unspecified atom stereocenters. The topological polar surface area (TPSA) is 21.1 Å². The van der Waals surface area contributed by atoms with Crippen molar-refractivity contribution in [1.29, 1.82) is 0 Å². The van der Waals surface area contributed by atoms with E-state index in [2.05, 4.69) is 9.99 Å². The van der Waals surface area contributed by atoms with Crippen LogP contribution in [0.4, 0.5) is 4.39 Å². The molecule has 0 N–H and O–H groups in total. The maximum absolute atomic E-state index is 13.7. The second-order valence-electron chi connectivity index (χ2n) is 4.74. The van der Waals surface area contributed by atoms with Crippen LogP contribution >= 0.6 is 23.2 Å². The number of hydrogen-bond donors (Lipinski definition) is 0. The smallest absolute Gasteiger partial charge is 0.144 e. The highest BCUT2D eigenvalue weighted by atomic mass is 35.5. The summed E-state index contributed by atoms with van der Waals surface area (Å²) in [6.07, 6.45) is 3.51. The molecule has 102 valence electrons. The summed E-state index contributed by atoms with van der Waals surface area (Å²) in [6.45, 7) is 1.89. The molecule has 1 fully saturated rings. The number of nitrogens with zero attached hydrogens (tertiary/aromatic N) is 3. The number of alkyl halides is 1. The molecule has 3 rings (SSSR count). The lowest BCUT2D eigenvalue weighted by atomic mass is 10.2. The monoisotopic (exact) mass is 301 g/mol. The van der Waals surface area contributed by atoms with Crippen LogP contribution < -0.4 is 5.01 Å². The summed E-state index contributed by atoms with van der Waals surface area (Å²) >= 11 is 11.8. The van der Waals surface area contributed by atoms with Gasteiger partial charge < -0.3 is 5.01 Å². The number of imidazole rings is 1. The highest BCUT2D eigenvalue weighted by molar-refractivity contribution is 6.31. The Labute approximate surface area is 120 Å². The van der Waals surface area contributed by atoms with Crippen molar-refractivity contribution in [2.45, 2.75) is 25.1 Å². The second kappa shape index (κ2) is 5.17. The summed E-state index contributed by atoms with van der Waals surface area (Å²) in [5.41, 5.74) is 1.42. The van der Waals surface area contributed by atoms with Gasteiger partial charge in [0.2, 0.25) is 0 Å². The van der Waals surface area contributed by atoms with E-state index in [-0.39, 0.29) is 5.02 Å². The van der Waals surface area contributed by atoms with Crippen molar-refractivity contribution in [3.63, 3.8) is 0 Å². The summed E-state index contributed by atoms with van der Waals surface area (Å²) in [7, 11) is 0. The third-order valence-electron chi connectivity index (χ3n) is 3.47. The van der Waals surface area contributed by atoms with Crippen LogP contribution in [-0.2, 0) is 5.88 Å². The van der Waals surface area contributed by atoms with E-state index in [4.69, 9.17) is 23.2 Å². The number of aromatic nitrogens is 2. The Hall–Kier alpha value is -1.00. The van der Waals surface area contributed by atoms with Gasteiger partial charge in [-0.25, -0.2) is 14.1 Å². The first kappa shape index (κ1) is 13.0. The van der Waals surface area contributed by atoms with Gasteiger partial charge >= 0.3 is 0 Å². The number of piperidine rings is 1. The summed E-state index contributed by atoms with van der Waals surface area (Å²) in [5.74, 6) is 0.610. The van der Waals surface area contributed by atoms with Gasteiger partial charge in [0.25, 0.3) is 0 Å². The Morgan fingerprint density at radius 1 is 1.21 bits per heavy atom. The third kappa shape index (κ3) is 2.28. The van der Waals surface area contributed by atoms with Crippen molar-refractivity contribution < 1.29 is 4.39 Å². The summed E-state index contributed by atoms with van der Waals surface area (Å²) in [4.78, 5) is 4.45. The van der Waals surface area contributed by atoms with Gasteiger partial charge in [-0.1, -0.05) is 11.6 Å². The zero-order chi connectivity index (χ0) is 13.4. The van der Waals surface area contributed by atoms with Crippen LogP contribution in [0.5, 0.6) is 0 Å². The lowest BCUT2D eigenvalue weighted by Crippen LogP contribution is -2.39. The SMILES string of the molecule is Fc1cc2c(cc1Cl)nc(CCl)n2N1CCCCC1. The number of rotatable bonds is 2. The van der Waals surface area contributed by atoms with Gasteiger partial charge in [-0.3, -0.25) is 0 Å².